The van der Waals surface area contributed by atoms with Crippen LogP contribution in [0.2, 0.25) is 0 Å². The SMILES string of the molecule is CCCCOc1ccc(NC(=O)Nc2cc(N3CCCC3)ncn2)cc1. The van der Waals surface area contributed by atoms with E-state index in [0.29, 0.717) is 18.1 Å². The lowest BCUT2D eigenvalue weighted by Crippen LogP contribution is -2.22. The second-order valence-electron chi connectivity index (χ2n) is 6.26. The summed E-state index contributed by atoms with van der Waals surface area (Å²) < 4.78 is 5.61. The number of anilines is 3. The molecule has 3 rings (SSSR count). The third-order valence-corrected chi connectivity index (χ3v) is 4.20. The van der Waals surface area contributed by atoms with E-state index in [2.05, 4.69) is 32.4 Å². The smallest absolute Gasteiger partial charge is 0.324 e. The summed E-state index contributed by atoms with van der Waals surface area (Å²) in [5.41, 5.74) is 0.694. The summed E-state index contributed by atoms with van der Waals surface area (Å²) >= 11 is 0. The van der Waals surface area contributed by atoms with Gasteiger partial charge in [0.15, 0.2) is 0 Å². The number of benzene rings is 1. The Morgan fingerprint density at radius 2 is 1.92 bits per heavy atom. The van der Waals surface area contributed by atoms with Crippen molar-refractivity contribution in [3.63, 3.8) is 0 Å². The molecule has 1 fully saturated rings. The monoisotopic (exact) mass is 355 g/mol. The Morgan fingerprint density at radius 1 is 1.15 bits per heavy atom. The molecule has 2 heterocycles. The van der Waals surface area contributed by atoms with Crippen LogP contribution in [0.25, 0.3) is 0 Å². The van der Waals surface area contributed by atoms with Crippen LogP contribution in [0.15, 0.2) is 36.7 Å². The molecule has 1 aromatic carbocycles. The van der Waals surface area contributed by atoms with Gasteiger partial charge in [0.05, 0.1) is 6.61 Å². The normalized spacial score (nSPS) is 13.5. The molecule has 1 aliphatic heterocycles. The van der Waals surface area contributed by atoms with Gasteiger partial charge in [0.25, 0.3) is 0 Å². The van der Waals surface area contributed by atoms with Crippen molar-refractivity contribution in [2.24, 2.45) is 0 Å². The van der Waals surface area contributed by atoms with Crippen LogP contribution >= 0.6 is 0 Å². The van der Waals surface area contributed by atoms with Crippen molar-refractivity contribution in [1.29, 1.82) is 0 Å². The number of carbonyl (C=O) groups excluding carboxylic acids is 1. The van der Waals surface area contributed by atoms with Gasteiger partial charge in [0.2, 0.25) is 0 Å². The first-order chi connectivity index (χ1) is 12.7. The molecular formula is C19H25N5O2. The Kier molecular flexibility index (Phi) is 6.24. The van der Waals surface area contributed by atoms with Crippen molar-refractivity contribution in [1.82, 2.24) is 9.97 Å². The zero-order chi connectivity index (χ0) is 18.2. The molecule has 1 saturated heterocycles. The minimum absolute atomic E-state index is 0.337. The molecule has 2 aromatic rings. The standard InChI is InChI=1S/C19H25N5O2/c1-2-3-12-26-16-8-6-15(7-9-16)22-19(25)23-17-13-18(21-14-20-17)24-10-4-5-11-24/h6-9,13-14H,2-5,10-12H2,1H3,(H2,20,21,22,23,25). The molecule has 138 valence electrons. The maximum Gasteiger partial charge on any atom is 0.324 e. The van der Waals surface area contributed by atoms with Gasteiger partial charge in [-0.15, -0.1) is 0 Å². The molecule has 2 N–H and O–H groups in total. The van der Waals surface area contributed by atoms with Crippen LogP contribution in [0.1, 0.15) is 32.6 Å². The number of carbonyl (C=O) groups is 1. The second-order valence-corrected chi connectivity index (χ2v) is 6.26. The number of aromatic nitrogens is 2. The van der Waals surface area contributed by atoms with Crippen molar-refractivity contribution in [2.45, 2.75) is 32.6 Å². The lowest BCUT2D eigenvalue weighted by atomic mass is 10.3. The summed E-state index contributed by atoms with van der Waals surface area (Å²) in [5.74, 6) is 2.13. The average Bonchev–Trinajstić information content (AvgIpc) is 3.18. The summed E-state index contributed by atoms with van der Waals surface area (Å²) in [6, 6.07) is 8.79. The number of amides is 2. The van der Waals surface area contributed by atoms with Crippen LogP contribution in [0.5, 0.6) is 5.75 Å². The van der Waals surface area contributed by atoms with Crippen LogP contribution in [-0.2, 0) is 0 Å². The molecule has 0 bridgehead atoms. The number of nitrogens with zero attached hydrogens (tertiary/aromatic N) is 3. The zero-order valence-electron chi connectivity index (χ0n) is 15.1. The second kappa shape index (κ2) is 9.03. The van der Waals surface area contributed by atoms with Crippen molar-refractivity contribution in [3.05, 3.63) is 36.7 Å². The average molecular weight is 355 g/mol. The summed E-state index contributed by atoms with van der Waals surface area (Å²) in [7, 11) is 0. The quantitative estimate of drug-likeness (QED) is 0.737. The van der Waals surface area contributed by atoms with Gasteiger partial charge in [-0.25, -0.2) is 14.8 Å². The third-order valence-electron chi connectivity index (χ3n) is 4.20. The van der Waals surface area contributed by atoms with Gasteiger partial charge in [-0.2, -0.15) is 0 Å². The first kappa shape index (κ1) is 18.0. The van der Waals surface area contributed by atoms with E-state index in [1.807, 2.05) is 24.3 Å². The van der Waals surface area contributed by atoms with Crippen molar-refractivity contribution in [2.75, 3.05) is 35.2 Å². The van der Waals surface area contributed by atoms with Crippen LogP contribution in [0, 0.1) is 0 Å². The topological polar surface area (TPSA) is 79.4 Å². The molecule has 1 aliphatic rings. The van der Waals surface area contributed by atoms with Crippen LogP contribution in [0.4, 0.5) is 22.1 Å². The van der Waals surface area contributed by atoms with E-state index in [-0.39, 0.29) is 6.03 Å². The van der Waals surface area contributed by atoms with E-state index >= 15 is 0 Å². The highest BCUT2D eigenvalue weighted by Gasteiger charge is 2.14. The maximum absolute atomic E-state index is 12.2. The molecule has 7 heteroatoms. The number of rotatable bonds is 7. The highest BCUT2D eigenvalue weighted by molar-refractivity contribution is 5.99. The first-order valence-corrected chi connectivity index (χ1v) is 9.12. The molecule has 2 amide bonds. The molecule has 0 aliphatic carbocycles. The van der Waals surface area contributed by atoms with Gasteiger partial charge in [-0.1, -0.05) is 13.3 Å². The highest BCUT2D eigenvalue weighted by Crippen LogP contribution is 2.20. The summed E-state index contributed by atoms with van der Waals surface area (Å²) in [4.78, 5) is 22.8. The molecule has 7 nitrogen and oxygen atoms in total. The van der Waals surface area contributed by atoms with Crippen molar-refractivity contribution < 1.29 is 9.53 Å². The maximum atomic E-state index is 12.2. The predicted octanol–water partition coefficient (Wildman–Crippen LogP) is 3.90. The van der Waals surface area contributed by atoms with E-state index in [4.69, 9.17) is 4.74 Å². The van der Waals surface area contributed by atoms with Crippen molar-refractivity contribution in [3.8, 4) is 5.75 Å². The van der Waals surface area contributed by atoms with Crippen LogP contribution in [0.3, 0.4) is 0 Å². The van der Waals surface area contributed by atoms with E-state index < -0.39 is 0 Å². The Morgan fingerprint density at radius 3 is 2.65 bits per heavy atom. The van der Waals surface area contributed by atoms with E-state index in [9.17, 15) is 4.79 Å². The number of nitrogens with one attached hydrogen (secondary N) is 2. The van der Waals surface area contributed by atoms with E-state index in [1.165, 1.54) is 19.2 Å². The molecule has 0 unspecified atom stereocenters. The lowest BCUT2D eigenvalue weighted by molar-refractivity contribution is 0.262. The number of ether oxygens (including phenoxy) is 1. The van der Waals surface area contributed by atoms with Gasteiger partial charge in [-0.05, 0) is 43.5 Å². The largest absolute Gasteiger partial charge is 0.494 e. The third kappa shape index (κ3) is 5.08. The Bertz CT molecular complexity index is 714. The number of urea groups is 1. The lowest BCUT2D eigenvalue weighted by Gasteiger charge is -2.16. The summed E-state index contributed by atoms with van der Waals surface area (Å²) in [5, 5.41) is 5.55. The fourth-order valence-corrected chi connectivity index (χ4v) is 2.78. The predicted molar refractivity (Wildman–Crippen MR) is 103 cm³/mol. The molecule has 0 saturated carbocycles. The Balaban J connectivity index is 1.53. The number of hydrogen-bond donors (Lipinski definition) is 2. The van der Waals surface area contributed by atoms with Gasteiger partial charge in [-0.3, -0.25) is 5.32 Å². The van der Waals surface area contributed by atoms with Gasteiger partial charge in [0.1, 0.15) is 23.7 Å². The minimum Gasteiger partial charge on any atom is -0.494 e. The van der Waals surface area contributed by atoms with Crippen LogP contribution < -0.4 is 20.3 Å². The zero-order valence-corrected chi connectivity index (χ0v) is 15.1. The summed E-state index contributed by atoms with van der Waals surface area (Å²) in [6.07, 6.45) is 5.95. The highest BCUT2D eigenvalue weighted by atomic mass is 16.5. The molecule has 1 aromatic heterocycles. The molecule has 26 heavy (non-hydrogen) atoms. The Hall–Kier alpha value is -2.83. The fraction of sp³-hybridized carbons (Fsp3) is 0.421. The molecule has 0 radical (unpaired) electrons. The van der Waals surface area contributed by atoms with Crippen LogP contribution in [-0.4, -0.2) is 35.7 Å². The van der Waals surface area contributed by atoms with Gasteiger partial charge < -0.3 is 15.0 Å². The first-order valence-electron chi connectivity index (χ1n) is 9.12. The van der Waals surface area contributed by atoms with E-state index in [1.54, 1.807) is 6.07 Å². The molecule has 0 atom stereocenters. The molecule has 0 spiro atoms. The Labute approximate surface area is 153 Å². The number of unbranched alkanes of at least 4 members (excludes halogenated alkanes) is 1. The minimum atomic E-state index is -0.337. The summed E-state index contributed by atoms with van der Waals surface area (Å²) in [6.45, 7) is 4.82. The van der Waals surface area contributed by atoms with Gasteiger partial charge >= 0.3 is 6.03 Å². The number of hydrogen-bond acceptors (Lipinski definition) is 5. The fourth-order valence-electron chi connectivity index (χ4n) is 2.78. The van der Waals surface area contributed by atoms with Gasteiger partial charge in [0, 0.05) is 24.8 Å². The van der Waals surface area contributed by atoms with Crippen molar-refractivity contribution >= 4 is 23.4 Å². The molecular weight excluding hydrogens is 330 g/mol. The van der Waals surface area contributed by atoms with E-state index in [0.717, 1.165) is 37.5 Å².